The van der Waals surface area contributed by atoms with Gasteiger partial charge in [-0.05, 0) is 24.6 Å². The zero-order valence-electron chi connectivity index (χ0n) is 9.22. The molecule has 0 aliphatic carbocycles. The first-order valence-corrected chi connectivity index (χ1v) is 5.25. The summed E-state index contributed by atoms with van der Waals surface area (Å²) in [7, 11) is 0. The Hall–Kier alpha value is -1.74. The van der Waals surface area contributed by atoms with Crippen molar-refractivity contribution in [2.75, 3.05) is 0 Å². The number of benzene rings is 1. The predicted molar refractivity (Wildman–Crippen MR) is 65.0 cm³/mol. The largest absolute Gasteiger partial charge is 0.393 e. The summed E-state index contributed by atoms with van der Waals surface area (Å²) in [6.45, 7) is 5.46. The molecule has 2 aromatic rings. The van der Waals surface area contributed by atoms with Gasteiger partial charge in [-0.3, -0.25) is 4.98 Å². The molecule has 0 fully saturated rings. The molecule has 1 heterocycles. The predicted octanol–water partition coefficient (Wildman–Crippen LogP) is 2.20. The average molecular weight is 214 g/mol. The first kappa shape index (κ1) is 10.8. The molecule has 0 radical (unpaired) electrons. The smallest absolute Gasteiger partial charge is 0.0892 e. The van der Waals surface area contributed by atoms with Crippen molar-refractivity contribution in [2.45, 2.75) is 19.4 Å². The Bertz CT molecular complexity index is 520. The quantitative estimate of drug-likeness (QED) is 0.852. The van der Waals surface area contributed by atoms with Crippen LogP contribution in [0.4, 0.5) is 0 Å². The van der Waals surface area contributed by atoms with Crippen molar-refractivity contribution < 1.29 is 5.11 Å². The number of hydrogen-bond donors (Lipinski definition) is 1. The molecule has 1 aromatic heterocycles. The number of rotatable bonds is 3. The second kappa shape index (κ2) is 4.41. The number of aliphatic hydroxyl groups is 1. The summed E-state index contributed by atoms with van der Waals surface area (Å²) in [5.41, 5.74) is 3.55. The summed E-state index contributed by atoms with van der Waals surface area (Å²) in [6.07, 6.45) is 3.64. The molecule has 0 saturated heterocycles. The molecule has 3 nitrogen and oxygen atoms in total. The van der Waals surface area contributed by atoms with Gasteiger partial charge in [0.05, 0.1) is 22.8 Å². The second-order valence-corrected chi connectivity index (χ2v) is 3.87. The van der Waals surface area contributed by atoms with Crippen LogP contribution in [0, 0.1) is 0 Å². The maximum absolute atomic E-state index is 9.28. The third-order valence-corrected chi connectivity index (χ3v) is 2.36. The van der Waals surface area contributed by atoms with Gasteiger partial charge >= 0.3 is 0 Å². The molecule has 1 unspecified atom stereocenters. The van der Waals surface area contributed by atoms with Crippen molar-refractivity contribution in [2.24, 2.45) is 0 Å². The van der Waals surface area contributed by atoms with Gasteiger partial charge in [-0.15, -0.1) is 0 Å². The molecule has 82 valence electrons. The van der Waals surface area contributed by atoms with E-state index >= 15 is 0 Å². The van der Waals surface area contributed by atoms with Crippen molar-refractivity contribution in [3.8, 4) is 0 Å². The van der Waals surface area contributed by atoms with Crippen LogP contribution in [0.5, 0.6) is 0 Å². The minimum absolute atomic E-state index is 0.390. The summed E-state index contributed by atoms with van der Waals surface area (Å²) in [4.78, 5) is 8.76. The highest BCUT2D eigenvalue weighted by Crippen LogP contribution is 2.13. The number of nitrogens with zero attached hydrogens (tertiary/aromatic N) is 2. The lowest BCUT2D eigenvalue weighted by atomic mass is 10.1. The van der Waals surface area contributed by atoms with Crippen LogP contribution in [0.25, 0.3) is 17.1 Å². The van der Waals surface area contributed by atoms with Crippen molar-refractivity contribution in [1.82, 2.24) is 9.97 Å². The third kappa shape index (κ3) is 2.25. The van der Waals surface area contributed by atoms with E-state index in [0.29, 0.717) is 6.42 Å². The number of aromatic nitrogens is 2. The molecule has 0 bridgehead atoms. The summed E-state index contributed by atoms with van der Waals surface area (Å²) >= 11 is 0. The molecule has 0 saturated carbocycles. The van der Waals surface area contributed by atoms with Gasteiger partial charge in [0.25, 0.3) is 0 Å². The lowest BCUT2D eigenvalue weighted by molar-refractivity contribution is 0.194. The Morgan fingerprint density at radius 3 is 2.94 bits per heavy atom. The zero-order valence-corrected chi connectivity index (χ0v) is 9.22. The normalized spacial score (nSPS) is 12.6. The minimum Gasteiger partial charge on any atom is -0.393 e. The van der Waals surface area contributed by atoms with E-state index in [0.717, 1.165) is 22.3 Å². The Morgan fingerprint density at radius 2 is 2.25 bits per heavy atom. The Balaban J connectivity index is 2.43. The summed E-state index contributed by atoms with van der Waals surface area (Å²) in [6, 6.07) is 5.82. The summed E-state index contributed by atoms with van der Waals surface area (Å²) in [5.74, 6) is 0. The minimum atomic E-state index is -0.390. The molecule has 0 amide bonds. The fourth-order valence-electron chi connectivity index (χ4n) is 1.59. The van der Waals surface area contributed by atoms with Crippen LogP contribution in [0.3, 0.4) is 0 Å². The fraction of sp³-hybridized carbons (Fsp3) is 0.231. The molecule has 16 heavy (non-hydrogen) atoms. The molecule has 1 aromatic carbocycles. The number of hydrogen-bond acceptors (Lipinski definition) is 3. The van der Waals surface area contributed by atoms with Crippen LogP contribution in [-0.4, -0.2) is 21.2 Å². The summed E-state index contributed by atoms with van der Waals surface area (Å²) < 4.78 is 0. The molecule has 1 N–H and O–H groups in total. The lowest BCUT2D eigenvalue weighted by Gasteiger charge is -2.04. The van der Waals surface area contributed by atoms with Gasteiger partial charge in [0.1, 0.15) is 0 Å². The van der Waals surface area contributed by atoms with Gasteiger partial charge in [0.2, 0.25) is 0 Å². The number of aliphatic hydroxyl groups excluding tert-OH is 1. The highest BCUT2D eigenvalue weighted by molar-refractivity contribution is 5.77. The average Bonchev–Trinajstić information content (AvgIpc) is 2.27. The van der Waals surface area contributed by atoms with Crippen LogP contribution in [-0.2, 0) is 6.42 Å². The number of fused-ring (bicyclic) bond motifs is 1. The van der Waals surface area contributed by atoms with E-state index in [4.69, 9.17) is 0 Å². The fourth-order valence-corrected chi connectivity index (χ4v) is 1.59. The maximum Gasteiger partial charge on any atom is 0.0892 e. The van der Waals surface area contributed by atoms with Gasteiger partial charge in [-0.2, -0.15) is 0 Å². The van der Waals surface area contributed by atoms with Crippen molar-refractivity contribution >= 4 is 17.1 Å². The van der Waals surface area contributed by atoms with Gasteiger partial charge in [-0.25, -0.2) is 4.98 Å². The molecular formula is C13H14N2O. The second-order valence-electron chi connectivity index (χ2n) is 3.87. The molecular weight excluding hydrogens is 200 g/mol. The van der Waals surface area contributed by atoms with E-state index in [1.807, 2.05) is 18.2 Å². The maximum atomic E-state index is 9.28. The topological polar surface area (TPSA) is 46.0 Å². The highest BCUT2D eigenvalue weighted by atomic mass is 16.3. The zero-order chi connectivity index (χ0) is 11.5. The first-order valence-electron chi connectivity index (χ1n) is 5.25. The molecule has 0 aliphatic heterocycles. The van der Waals surface area contributed by atoms with E-state index in [2.05, 4.69) is 16.5 Å². The lowest BCUT2D eigenvalue weighted by Crippen LogP contribution is -2.06. The van der Waals surface area contributed by atoms with Gasteiger partial charge in [0, 0.05) is 12.6 Å². The van der Waals surface area contributed by atoms with E-state index in [1.165, 1.54) is 0 Å². The monoisotopic (exact) mass is 214 g/mol. The van der Waals surface area contributed by atoms with Crippen LogP contribution < -0.4 is 0 Å². The van der Waals surface area contributed by atoms with Gasteiger partial charge in [-0.1, -0.05) is 18.7 Å². The molecule has 0 aliphatic rings. The third-order valence-electron chi connectivity index (χ3n) is 2.36. The Kier molecular flexibility index (Phi) is 2.97. The van der Waals surface area contributed by atoms with Crippen molar-refractivity contribution in [3.63, 3.8) is 0 Å². The van der Waals surface area contributed by atoms with E-state index in [1.54, 1.807) is 19.2 Å². The first-order chi connectivity index (χ1) is 7.69. The Labute approximate surface area is 94.5 Å². The van der Waals surface area contributed by atoms with E-state index < -0.39 is 0 Å². The van der Waals surface area contributed by atoms with Crippen LogP contribution >= 0.6 is 0 Å². The van der Waals surface area contributed by atoms with Crippen molar-refractivity contribution in [3.05, 3.63) is 42.2 Å². The van der Waals surface area contributed by atoms with Gasteiger partial charge in [0.15, 0.2) is 0 Å². The Morgan fingerprint density at radius 1 is 1.44 bits per heavy atom. The standard InChI is InChI=1S/C13H14N2O/c1-3-10-4-5-12-13(7-10)14-8-11(15-12)6-9(2)16/h3-5,7-9,16H,1,6H2,2H3. The molecule has 1 atom stereocenters. The van der Waals surface area contributed by atoms with Gasteiger partial charge < -0.3 is 5.11 Å². The molecule has 0 spiro atoms. The van der Waals surface area contributed by atoms with E-state index in [9.17, 15) is 5.11 Å². The van der Waals surface area contributed by atoms with Crippen LogP contribution in [0.15, 0.2) is 31.0 Å². The van der Waals surface area contributed by atoms with E-state index in [-0.39, 0.29) is 6.10 Å². The molecule has 3 heteroatoms. The van der Waals surface area contributed by atoms with Crippen LogP contribution in [0.2, 0.25) is 0 Å². The molecule has 2 rings (SSSR count). The highest BCUT2D eigenvalue weighted by Gasteiger charge is 2.03. The summed E-state index contributed by atoms with van der Waals surface area (Å²) in [5, 5.41) is 9.28. The van der Waals surface area contributed by atoms with Crippen molar-refractivity contribution in [1.29, 1.82) is 0 Å². The van der Waals surface area contributed by atoms with Crippen LogP contribution in [0.1, 0.15) is 18.2 Å². The SMILES string of the molecule is C=Cc1ccc2nc(CC(C)O)cnc2c1.